The van der Waals surface area contributed by atoms with Crippen LogP contribution in [0.25, 0.3) is 0 Å². The molecule has 9 nitrogen and oxygen atoms in total. The smallest absolute Gasteiger partial charge is 0.335 e. The van der Waals surface area contributed by atoms with Gasteiger partial charge in [0.15, 0.2) is 28.2 Å². The average molecular weight is 768 g/mol. The Labute approximate surface area is 299 Å². The molecule has 0 spiro atoms. The van der Waals surface area contributed by atoms with Gasteiger partial charge in [-0.2, -0.15) is 18.1 Å². The molecule has 1 aromatic heterocycles. The maximum absolute atomic E-state index is 15.0. The number of methoxy groups -OCH3 is 1. The van der Waals surface area contributed by atoms with Gasteiger partial charge in [0.1, 0.15) is 5.75 Å². The minimum Gasteiger partial charge on any atom is -0.495 e. The van der Waals surface area contributed by atoms with Crippen molar-refractivity contribution in [3.8, 4) is 5.75 Å². The first-order valence-electron chi connectivity index (χ1n) is 15.9. The van der Waals surface area contributed by atoms with Crippen LogP contribution in [0.15, 0.2) is 53.4 Å². The van der Waals surface area contributed by atoms with E-state index in [1.165, 1.54) is 13.2 Å². The number of hydrogen-bond donors (Lipinski definition) is 1. The third kappa shape index (κ3) is 8.15. The van der Waals surface area contributed by atoms with E-state index in [4.69, 9.17) is 4.74 Å². The summed E-state index contributed by atoms with van der Waals surface area (Å²) in [6, 6.07) is 10.4. The van der Waals surface area contributed by atoms with Gasteiger partial charge in [0.2, 0.25) is 33.6 Å². The monoisotopic (exact) mass is 767 g/mol. The molecule has 17 heteroatoms. The van der Waals surface area contributed by atoms with E-state index in [2.05, 4.69) is 4.98 Å². The highest BCUT2D eigenvalue weighted by Gasteiger charge is 2.39. The van der Waals surface area contributed by atoms with Crippen molar-refractivity contribution < 1.29 is 58.6 Å². The fraction of sp³-hybridized carbons (Fsp3) is 0.306. The molecule has 4 aromatic rings. The van der Waals surface area contributed by atoms with Gasteiger partial charge in [0.05, 0.1) is 31.5 Å². The van der Waals surface area contributed by atoms with Crippen molar-refractivity contribution >= 4 is 27.6 Å². The fourth-order valence-corrected chi connectivity index (χ4v) is 7.05. The van der Waals surface area contributed by atoms with E-state index in [0.717, 1.165) is 41.0 Å². The Hall–Kier alpha value is -5.03. The van der Waals surface area contributed by atoms with Gasteiger partial charge in [-0.15, -0.1) is 0 Å². The summed E-state index contributed by atoms with van der Waals surface area (Å²) in [5, 5.41) is 9.56. The summed E-state index contributed by atoms with van der Waals surface area (Å²) in [5.41, 5.74) is 0.920. The third-order valence-electron chi connectivity index (χ3n) is 8.61. The van der Waals surface area contributed by atoms with E-state index in [1.807, 2.05) is 32.9 Å². The first-order chi connectivity index (χ1) is 24.7. The van der Waals surface area contributed by atoms with Crippen LogP contribution in [-0.4, -0.2) is 48.3 Å². The van der Waals surface area contributed by atoms with Gasteiger partial charge in [-0.1, -0.05) is 39.0 Å². The second-order valence-electron chi connectivity index (χ2n) is 13.4. The Morgan fingerprint density at radius 1 is 0.868 bits per heavy atom. The number of hydrogen-bond acceptors (Lipinski definition) is 6. The number of ether oxygens (including phenoxy) is 1. The molecule has 0 unspecified atom stereocenters. The van der Waals surface area contributed by atoms with Gasteiger partial charge in [-0.3, -0.25) is 4.79 Å². The second-order valence-corrected chi connectivity index (χ2v) is 15.3. The van der Waals surface area contributed by atoms with Crippen molar-refractivity contribution in [2.24, 2.45) is 0 Å². The summed E-state index contributed by atoms with van der Waals surface area (Å²) in [6.45, 7) is 2.85. The molecule has 0 saturated heterocycles. The molecule has 1 heterocycles. The lowest BCUT2D eigenvalue weighted by molar-refractivity contribution is -0.119. The predicted octanol–water partition coefficient (Wildman–Crippen LogP) is 7.36. The van der Waals surface area contributed by atoms with Crippen LogP contribution in [0.4, 0.5) is 36.4 Å². The van der Waals surface area contributed by atoms with E-state index < -0.39 is 86.4 Å². The number of pyridine rings is 1. The van der Waals surface area contributed by atoms with Crippen LogP contribution in [0.5, 0.6) is 5.75 Å². The zero-order valence-electron chi connectivity index (χ0n) is 28.6. The zero-order valence-corrected chi connectivity index (χ0v) is 29.4. The van der Waals surface area contributed by atoms with Crippen LogP contribution in [0.2, 0.25) is 0 Å². The molecule has 3 aromatic carbocycles. The molecule has 0 radical (unpaired) electrons. The number of halogens is 7. The van der Waals surface area contributed by atoms with Gasteiger partial charge in [0.25, 0.3) is 0 Å². The highest BCUT2D eigenvalue weighted by Crippen LogP contribution is 2.42. The molecule has 0 bridgehead atoms. The van der Waals surface area contributed by atoms with Gasteiger partial charge < -0.3 is 14.7 Å². The standard InChI is InChI=1S/C36H32F7N3O6S/c1-36(2,3)23-12-18(11-22(13-23)19-5-6-19)15-46(24-9-7-20(35(48)49)14-25(24)52-4)27(47)17-45(16-21-8-10-26(37)44-34(21)43)53(50,51)33-31(41)29(39)28(38)30(40)32(33)42/h7-14,19H,5-6,15-17H2,1-4H3,(H,48,49). The molecule has 5 rings (SSSR count). The predicted molar refractivity (Wildman–Crippen MR) is 176 cm³/mol. The molecular formula is C36H32F7N3O6S. The third-order valence-corrected chi connectivity index (χ3v) is 10.4. The summed E-state index contributed by atoms with van der Waals surface area (Å²) in [7, 11) is -4.74. The minimum absolute atomic E-state index is 0.0437. The SMILES string of the molecule is COc1cc(C(=O)O)ccc1N(Cc1cc(C2CC2)cc(C(C)(C)C)c1)C(=O)CN(Cc1ccc(F)nc1F)S(=O)(=O)c1c(F)c(F)c(F)c(F)c1F. The number of carbonyl (C=O) groups excluding carboxylic acids is 1. The Balaban J connectivity index is 1.68. The topological polar surface area (TPSA) is 117 Å². The maximum atomic E-state index is 15.0. The Kier molecular flexibility index (Phi) is 10.9. The normalized spacial score (nSPS) is 13.4. The number of sulfonamides is 1. The Bertz CT molecular complexity index is 2200. The minimum atomic E-state index is -5.91. The van der Waals surface area contributed by atoms with Gasteiger partial charge >= 0.3 is 5.97 Å². The van der Waals surface area contributed by atoms with Crippen molar-refractivity contribution in [2.45, 2.75) is 62.9 Å². The van der Waals surface area contributed by atoms with Crippen molar-refractivity contribution in [1.29, 1.82) is 0 Å². The molecule has 1 aliphatic rings. The number of nitrogens with zero attached hydrogens (tertiary/aromatic N) is 3. The summed E-state index contributed by atoms with van der Waals surface area (Å²) >= 11 is 0. The Morgan fingerprint density at radius 2 is 1.49 bits per heavy atom. The number of carboxylic acid groups (broad SMARTS) is 1. The number of carboxylic acids is 1. The first-order valence-corrected chi connectivity index (χ1v) is 17.4. The number of aromatic carboxylic acids is 1. The van der Waals surface area contributed by atoms with Crippen LogP contribution in [-0.2, 0) is 33.3 Å². The second kappa shape index (κ2) is 14.8. The van der Waals surface area contributed by atoms with Crippen molar-refractivity contribution in [2.75, 3.05) is 18.6 Å². The van der Waals surface area contributed by atoms with E-state index in [-0.39, 0.29) is 39.2 Å². The number of benzene rings is 3. The highest BCUT2D eigenvalue weighted by atomic mass is 32.2. The van der Waals surface area contributed by atoms with Gasteiger partial charge in [-0.25, -0.2) is 35.2 Å². The molecule has 0 aliphatic heterocycles. The number of aromatic nitrogens is 1. The maximum Gasteiger partial charge on any atom is 0.335 e. The fourth-order valence-electron chi connectivity index (χ4n) is 5.57. The molecule has 1 N–H and O–H groups in total. The van der Waals surface area contributed by atoms with E-state index in [1.54, 1.807) is 6.07 Å². The lowest BCUT2D eigenvalue weighted by Gasteiger charge is -2.29. The summed E-state index contributed by atoms with van der Waals surface area (Å²) < 4.78 is 134. The van der Waals surface area contributed by atoms with Crippen LogP contribution >= 0.6 is 0 Å². The molecular weight excluding hydrogens is 735 g/mol. The highest BCUT2D eigenvalue weighted by molar-refractivity contribution is 7.89. The quantitative estimate of drug-likeness (QED) is 0.0693. The molecule has 1 aliphatic carbocycles. The van der Waals surface area contributed by atoms with Crippen LogP contribution < -0.4 is 9.64 Å². The van der Waals surface area contributed by atoms with Gasteiger partial charge in [0, 0.05) is 12.1 Å². The summed E-state index contributed by atoms with van der Waals surface area (Å²) in [6.07, 6.45) is 1.83. The molecule has 53 heavy (non-hydrogen) atoms. The zero-order chi connectivity index (χ0) is 39.2. The molecule has 0 atom stereocenters. The van der Waals surface area contributed by atoms with E-state index in [9.17, 15) is 53.8 Å². The van der Waals surface area contributed by atoms with E-state index >= 15 is 0 Å². The number of rotatable bonds is 12. The lowest BCUT2D eigenvalue weighted by atomic mass is 9.84. The van der Waals surface area contributed by atoms with Crippen LogP contribution in [0.3, 0.4) is 0 Å². The largest absolute Gasteiger partial charge is 0.495 e. The summed E-state index contributed by atoms with van der Waals surface area (Å²) in [4.78, 5) is 27.7. The van der Waals surface area contributed by atoms with Crippen LogP contribution in [0, 0.1) is 41.0 Å². The van der Waals surface area contributed by atoms with Crippen molar-refractivity contribution in [1.82, 2.24) is 9.29 Å². The van der Waals surface area contributed by atoms with Crippen LogP contribution in [0.1, 0.15) is 72.1 Å². The van der Waals surface area contributed by atoms with Crippen molar-refractivity contribution in [3.63, 3.8) is 0 Å². The molecule has 1 saturated carbocycles. The first kappa shape index (κ1) is 39.2. The lowest BCUT2D eigenvalue weighted by Crippen LogP contribution is -2.43. The molecule has 1 fully saturated rings. The average Bonchev–Trinajstić information content (AvgIpc) is 3.95. The van der Waals surface area contributed by atoms with Gasteiger partial charge in [-0.05, 0) is 71.2 Å². The summed E-state index contributed by atoms with van der Waals surface area (Å²) in [5.74, 6) is -18.7. The molecule has 282 valence electrons. The number of anilines is 1. The number of amides is 1. The van der Waals surface area contributed by atoms with E-state index in [0.29, 0.717) is 17.7 Å². The van der Waals surface area contributed by atoms with Crippen molar-refractivity contribution in [3.05, 3.63) is 117 Å². The number of carbonyl (C=O) groups is 2. The Morgan fingerprint density at radius 3 is 2.04 bits per heavy atom. The molecule has 1 amide bonds.